The maximum atomic E-state index is 11.1. The fourth-order valence-corrected chi connectivity index (χ4v) is 0.898. The predicted octanol–water partition coefficient (Wildman–Crippen LogP) is -0.129. The van der Waals surface area contributed by atoms with E-state index in [2.05, 4.69) is 5.32 Å². The minimum absolute atomic E-state index is 0.0396. The van der Waals surface area contributed by atoms with E-state index < -0.39 is 0 Å². The molecule has 0 aliphatic rings. The molecule has 0 saturated carbocycles. The number of hydrogen-bond donors (Lipinski definition) is 2. The number of ether oxygens (including phenoxy) is 1. The first kappa shape index (κ1) is 10.7. The first-order valence-corrected chi connectivity index (χ1v) is 4.40. The number of amides is 1. The number of rotatable bonds is 6. The Balaban J connectivity index is 2.09. The summed E-state index contributed by atoms with van der Waals surface area (Å²) in [6, 6.07) is 3.56. The summed E-state index contributed by atoms with van der Waals surface area (Å²) < 4.78 is 9.98. The molecule has 3 N–H and O–H groups in total. The fraction of sp³-hybridized carbons (Fsp3) is 0.444. The maximum absolute atomic E-state index is 11.1. The molecule has 0 fully saturated rings. The SMILES string of the molecule is NCCOCC(=O)NCc1ccco1. The van der Waals surface area contributed by atoms with E-state index in [0.717, 1.165) is 5.76 Å². The van der Waals surface area contributed by atoms with Crippen molar-refractivity contribution < 1.29 is 13.9 Å². The van der Waals surface area contributed by atoms with Crippen molar-refractivity contribution in [2.75, 3.05) is 19.8 Å². The molecule has 14 heavy (non-hydrogen) atoms. The van der Waals surface area contributed by atoms with Gasteiger partial charge in [-0.1, -0.05) is 0 Å². The van der Waals surface area contributed by atoms with Gasteiger partial charge in [-0.2, -0.15) is 0 Å². The molecule has 1 aromatic heterocycles. The first-order chi connectivity index (χ1) is 6.83. The molecule has 0 spiro atoms. The highest BCUT2D eigenvalue weighted by atomic mass is 16.5. The van der Waals surface area contributed by atoms with Crippen molar-refractivity contribution in [1.82, 2.24) is 5.32 Å². The van der Waals surface area contributed by atoms with Crippen molar-refractivity contribution in [3.63, 3.8) is 0 Å². The molecule has 0 aromatic carbocycles. The summed E-state index contributed by atoms with van der Waals surface area (Å²) in [5, 5.41) is 2.65. The Morgan fingerprint density at radius 3 is 3.14 bits per heavy atom. The van der Waals surface area contributed by atoms with Crippen molar-refractivity contribution in [1.29, 1.82) is 0 Å². The molecule has 5 nitrogen and oxygen atoms in total. The lowest BCUT2D eigenvalue weighted by Gasteiger charge is -2.03. The van der Waals surface area contributed by atoms with Gasteiger partial charge in [0, 0.05) is 6.54 Å². The van der Waals surface area contributed by atoms with Crippen molar-refractivity contribution in [2.45, 2.75) is 6.54 Å². The largest absolute Gasteiger partial charge is 0.467 e. The summed E-state index contributed by atoms with van der Waals surface area (Å²) in [6.07, 6.45) is 1.56. The zero-order chi connectivity index (χ0) is 10.2. The standard InChI is InChI=1S/C9H14N2O3/c10-3-5-13-7-9(12)11-6-8-2-1-4-14-8/h1-2,4H,3,5-7,10H2,(H,11,12). The van der Waals surface area contributed by atoms with Crippen LogP contribution in [-0.2, 0) is 16.1 Å². The Morgan fingerprint density at radius 2 is 2.50 bits per heavy atom. The minimum atomic E-state index is -0.171. The number of carbonyl (C=O) groups is 1. The lowest BCUT2D eigenvalue weighted by atomic mass is 10.4. The van der Waals surface area contributed by atoms with E-state index >= 15 is 0 Å². The molecule has 0 radical (unpaired) electrons. The summed E-state index contributed by atoms with van der Waals surface area (Å²) >= 11 is 0. The van der Waals surface area contributed by atoms with Crippen molar-refractivity contribution in [3.8, 4) is 0 Å². The molecular weight excluding hydrogens is 184 g/mol. The van der Waals surface area contributed by atoms with Gasteiger partial charge in [0.1, 0.15) is 12.4 Å². The number of nitrogens with two attached hydrogens (primary N) is 1. The van der Waals surface area contributed by atoms with Crippen LogP contribution in [0.3, 0.4) is 0 Å². The van der Waals surface area contributed by atoms with Crippen LogP contribution >= 0.6 is 0 Å². The van der Waals surface area contributed by atoms with Gasteiger partial charge in [0.25, 0.3) is 0 Å². The first-order valence-electron chi connectivity index (χ1n) is 4.40. The lowest BCUT2D eigenvalue weighted by Crippen LogP contribution is -2.27. The Kier molecular flexibility index (Phi) is 4.74. The molecule has 0 unspecified atom stereocenters. The number of furan rings is 1. The average Bonchev–Trinajstić information content (AvgIpc) is 2.68. The predicted molar refractivity (Wildman–Crippen MR) is 50.4 cm³/mol. The van der Waals surface area contributed by atoms with Crippen LogP contribution < -0.4 is 11.1 Å². The Morgan fingerprint density at radius 1 is 1.64 bits per heavy atom. The van der Waals surface area contributed by atoms with Gasteiger partial charge >= 0.3 is 0 Å². The molecule has 0 bridgehead atoms. The van der Waals surface area contributed by atoms with Crippen LogP contribution in [0.15, 0.2) is 22.8 Å². The monoisotopic (exact) mass is 198 g/mol. The van der Waals surface area contributed by atoms with Gasteiger partial charge in [0.15, 0.2) is 0 Å². The number of hydrogen-bond acceptors (Lipinski definition) is 4. The summed E-state index contributed by atoms with van der Waals surface area (Å²) in [6.45, 7) is 1.25. The molecule has 1 rings (SSSR count). The second-order valence-corrected chi connectivity index (χ2v) is 2.70. The van der Waals surface area contributed by atoms with E-state index in [1.807, 2.05) is 0 Å². The maximum Gasteiger partial charge on any atom is 0.246 e. The second kappa shape index (κ2) is 6.17. The van der Waals surface area contributed by atoms with Crippen LogP contribution in [-0.4, -0.2) is 25.7 Å². The normalized spacial score (nSPS) is 10.1. The molecule has 1 aromatic rings. The van der Waals surface area contributed by atoms with E-state index in [1.165, 1.54) is 0 Å². The molecular formula is C9H14N2O3. The summed E-state index contributed by atoms with van der Waals surface area (Å²) in [5.41, 5.74) is 5.19. The Bertz CT molecular complexity index is 259. The van der Waals surface area contributed by atoms with E-state index in [0.29, 0.717) is 19.7 Å². The molecule has 5 heteroatoms. The highest BCUT2D eigenvalue weighted by Gasteiger charge is 2.01. The van der Waals surface area contributed by atoms with Gasteiger partial charge in [0.2, 0.25) is 5.91 Å². The third-order valence-electron chi connectivity index (χ3n) is 1.54. The van der Waals surface area contributed by atoms with E-state index in [-0.39, 0.29) is 12.5 Å². The number of carbonyl (C=O) groups excluding carboxylic acids is 1. The van der Waals surface area contributed by atoms with Crippen molar-refractivity contribution in [3.05, 3.63) is 24.2 Å². The molecule has 0 aliphatic heterocycles. The van der Waals surface area contributed by atoms with Crippen LogP contribution in [0.5, 0.6) is 0 Å². The van der Waals surface area contributed by atoms with Crippen molar-refractivity contribution in [2.24, 2.45) is 5.73 Å². The van der Waals surface area contributed by atoms with Crippen LogP contribution in [0.4, 0.5) is 0 Å². The van der Waals surface area contributed by atoms with Crippen LogP contribution in [0, 0.1) is 0 Å². The number of nitrogens with one attached hydrogen (secondary N) is 1. The Hall–Kier alpha value is -1.33. The summed E-state index contributed by atoms with van der Waals surface area (Å²) in [5.74, 6) is 0.548. The van der Waals surface area contributed by atoms with Crippen LogP contribution in [0.25, 0.3) is 0 Å². The minimum Gasteiger partial charge on any atom is -0.467 e. The Labute approximate surface area is 82.2 Å². The highest BCUT2D eigenvalue weighted by Crippen LogP contribution is 1.97. The van der Waals surface area contributed by atoms with Gasteiger partial charge in [-0.05, 0) is 12.1 Å². The van der Waals surface area contributed by atoms with Gasteiger partial charge in [-0.25, -0.2) is 0 Å². The van der Waals surface area contributed by atoms with E-state index in [1.54, 1.807) is 18.4 Å². The molecule has 0 atom stereocenters. The fourth-order valence-electron chi connectivity index (χ4n) is 0.898. The smallest absolute Gasteiger partial charge is 0.246 e. The van der Waals surface area contributed by atoms with Crippen LogP contribution in [0.1, 0.15) is 5.76 Å². The molecule has 0 saturated heterocycles. The molecule has 1 amide bonds. The quantitative estimate of drug-likeness (QED) is 0.624. The molecule has 1 heterocycles. The second-order valence-electron chi connectivity index (χ2n) is 2.70. The van der Waals surface area contributed by atoms with Gasteiger partial charge in [-0.15, -0.1) is 0 Å². The highest BCUT2D eigenvalue weighted by molar-refractivity contribution is 5.77. The van der Waals surface area contributed by atoms with Crippen molar-refractivity contribution >= 4 is 5.91 Å². The zero-order valence-electron chi connectivity index (χ0n) is 7.86. The zero-order valence-corrected chi connectivity index (χ0v) is 7.86. The third kappa shape index (κ3) is 4.06. The molecule has 0 aliphatic carbocycles. The lowest BCUT2D eigenvalue weighted by molar-refractivity contribution is -0.125. The van der Waals surface area contributed by atoms with E-state index in [9.17, 15) is 4.79 Å². The summed E-state index contributed by atoms with van der Waals surface area (Å²) in [4.78, 5) is 11.1. The topological polar surface area (TPSA) is 77.5 Å². The average molecular weight is 198 g/mol. The summed E-state index contributed by atoms with van der Waals surface area (Å²) in [7, 11) is 0. The van der Waals surface area contributed by atoms with Gasteiger partial charge in [-0.3, -0.25) is 4.79 Å². The third-order valence-corrected chi connectivity index (χ3v) is 1.54. The molecule has 78 valence electrons. The van der Waals surface area contributed by atoms with Gasteiger partial charge in [0.05, 0.1) is 19.4 Å². The van der Waals surface area contributed by atoms with Crippen LogP contribution in [0.2, 0.25) is 0 Å². The van der Waals surface area contributed by atoms with E-state index in [4.69, 9.17) is 14.9 Å². The van der Waals surface area contributed by atoms with Gasteiger partial charge < -0.3 is 20.2 Å².